The molecule has 0 aliphatic heterocycles. The Morgan fingerprint density at radius 2 is 1.61 bits per heavy atom. The van der Waals surface area contributed by atoms with Crippen molar-refractivity contribution in [2.24, 2.45) is 56.2 Å². The highest BCUT2D eigenvalue weighted by atomic mass is 19.4. The number of rotatable bonds is 2. The van der Waals surface area contributed by atoms with Crippen LogP contribution in [0.3, 0.4) is 0 Å². The fourth-order valence-corrected chi connectivity index (χ4v) is 11.1. The molecule has 8 heteroatoms. The lowest BCUT2D eigenvalue weighted by Gasteiger charge is -2.71. The number of halogens is 3. The molecule has 1 N–H and O–H groups in total. The first-order chi connectivity index (χ1) is 18.7. The van der Waals surface area contributed by atoms with Gasteiger partial charge in [0.25, 0.3) is 0 Å². The topological polar surface area (TPSA) is 87.0 Å². The number of Topliss-reactive ketones (excluding diaryl/α,β-unsaturated/α-hetero) is 2. The fraction of sp³-hybridized carbons (Fsp3) is 0.818. The molecule has 4 fully saturated rings. The van der Waals surface area contributed by atoms with Gasteiger partial charge in [0.1, 0.15) is 18.4 Å². The van der Waals surface area contributed by atoms with E-state index in [1.807, 2.05) is 19.9 Å². The van der Waals surface area contributed by atoms with Crippen molar-refractivity contribution in [3.63, 3.8) is 0 Å². The van der Waals surface area contributed by atoms with Gasteiger partial charge in [0, 0.05) is 17.8 Å². The monoisotopic (exact) mass is 574 g/mol. The van der Waals surface area contributed by atoms with E-state index in [2.05, 4.69) is 46.0 Å². The molecule has 5 nitrogen and oxygen atoms in total. The van der Waals surface area contributed by atoms with Gasteiger partial charge >= 0.3 is 6.18 Å². The zero-order valence-electron chi connectivity index (χ0n) is 25.6. The van der Waals surface area contributed by atoms with Crippen LogP contribution >= 0.6 is 0 Å². The highest BCUT2D eigenvalue weighted by Crippen LogP contribution is 2.75. The lowest BCUT2D eigenvalue weighted by molar-refractivity contribution is -0.222. The Morgan fingerprint density at radius 1 is 0.976 bits per heavy atom. The van der Waals surface area contributed by atoms with Gasteiger partial charge in [-0.2, -0.15) is 18.4 Å². The normalized spacial score (nSPS) is 44.8. The summed E-state index contributed by atoms with van der Waals surface area (Å²) in [5.74, 6) is -1.43. The van der Waals surface area contributed by atoms with Crippen LogP contribution in [-0.2, 0) is 14.4 Å². The van der Waals surface area contributed by atoms with E-state index in [1.54, 1.807) is 0 Å². The average Bonchev–Trinajstić information content (AvgIpc) is 2.85. The molecule has 4 saturated carbocycles. The second-order valence-corrected chi connectivity index (χ2v) is 16.1. The second kappa shape index (κ2) is 8.92. The molecule has 0 radical (unpaired) electrons. The molecule has 0 bridgehead atoms. The molecule has 5 rings (SSSR count). The Labute approximate surface area is 242 Å². The first-order valence-corrected chi connectivity index (χ1v) is 15.2. The highest BCUT2D eigenvalue weighted by molar-refractivity contribution is 6.04. The molecule has 0 heterocycles. The molecule has 1 amide bonds. The van der Waals surface area contributed by atoms with Crippen LogP contribution in [0.5, 0.6) is 0 Å². The molecule has 41 heavy (non-hydrogen) atoms. The summed E-state index contributed by atoms with van der Waals surface area (Å²) < 4.78 is 39.4. The van der Waals surface area contributed by atoms with Crippen molar-refractivity contribution < 1.29 is 27.6 Å². The number of ketones is 2. The van der Waals surface area contributed by atoms with Crippen molar-refractivity contribution in [3.8, 4) is 6.07 Å². The van der Waals surface area contributed by atoms with Gasteiger partial charge in [-0.05, 0) is 84.4 Å². The zero-order chi connectivity index (χ0) is 30.6. The minimum absolute atomic E-state index is 0.00457. The van der Waals surface area contributed by atoms with Crippen LogP contribution in [0.25, 0.3) is 0 Å². The van der Waals surface area contributed by atoms with Crippen molar-refractivity contribution in [2.45, 2.75) is 106 Å². The van der Waals surface area contributed by atoms with E-state index < -0.39 is 46.2 Å². The summed E-state index contributed by atoms with van der Waals surface area (Å²) in [6.45, 7) is 13.4. The Bertz CT molecular complexity index is 1260. The predicted molar refractivity (Wildman–Crippen MR) is 148 cm³/mol. The van der Waals surface area contributed by atoms with Crippen LogP contribution in [0.15, 0.2) is 11.6 Å². The van der Waals surface area contributed by atoms with E-state index in [1.165, 1.54) is 0 Å². The maximum atomic E-state index is 14.5. The second-order valence-electron chi connectivity index (χ2n) is 16.1. The van der Waals surface area contributed by atoms with Gasteiger partial charge < -0.3 is 5.32 Å². The predicted octanol–water partition coefficient (Wildman–Crippen LogP) is 6.96. The SMILES string of the molecule is CC1(C)CC[C@]2(C(=O)NCC(F)(F)F)CC[C@]3(C)C(C(=O)CC4[C@@]5(C)C=C(C#N)C(=O)C(C)(C)[C@@H]5CC[C@]43C)[C@@H]2C1. The van der Waals surface area contributed by atoms with Crippen molar-refractivity contribution in [1.82, 2.24) is 5.32 Å². The van der Waals surface area contributed by atoms with E-state index in [0.29, 0.717) is 32.1 Å². The summed E-state index contributed by atoms with van der Waals surface area (Å²) in [5, 5.41) is 12.1. The number of nitrogens with one attached hydrogen (secondary N) is 1. The van der Waals surface area contributed by atoms with Crippen molar-refractivity contribution in [2.75, 3.05) is 6.54 Å². The van der Waals surface area contributed by atoms with Gasteiger partial charge in [0.05, 0.1) is 11.0 Å². The summed E-state index contributed by atoms with van der Waals surface area (Å²) in [6, 6.07) is 2.14. The van der Waals surface area contributed by atoms with Crippen LogP contribution in [-0.4, -0.2) is 30.2 Å². The third kappa shape index (κ3) is 4.10. The van der Waals surface area contributed by atoms with Crippen LogP contribution in [0.1, 0.15) is 99.8 Å². The summed E-state index contributed by atoms with van der Waals surface area (Å²) in [6.07, 6.45) is 2.16. The molecular formula is C33H45F3N2O3. The van der Waals surface area contributed by atoms with Gasteiger partial charge in [-0.1, -0.05) is 54.5 Å². The van der Waals surface area contributed by atoms with Crippen molar-refractivity contribution >= 4 is 17.5 Å². The molecule has 0 aromatic heterocycles. The maximum Gasteiger partial charge on any atom is 0.405 e. The van der Waals surface area contributed by atoms with Crippen LogP contribution in [0.4, 0.5) is 13.2 Å². The van der Waals surface area contributed by atoms with E-state index >= 15 is 0 Å². The lowest BCUT2D eigenvalue weighted by Crippen LogP contribution is -2.69. The van der Waals surface area contributed by atoms with E-state index in [-0.39, 0.29) is 45.7 Å². The summed E-state index contributed by atoms with van der Waals surface area (Å²) in [5.41, 5.74) is -2.95. The van der Waals surface area contributed by atoms with Gasteiger partial charge in [-0.15, -0.1) is 0 Å². The number of carbonyl (C=O) groups is 3. The minimum Gasteiger partial charge on any atom is -0.346 e. The number of nitrogens with zero attached hydrogens (tertiary/aromatic N) is 1. The molecule has 5 aliphatic carbocycles. The number of nitriles is 1. The maximum absolute atomic E-state index is 14.5. The largest absolute Gasteiger partial charge is 0.405 e. The molecule has 0 aromatic carbocycles. The fourth-order valence-electron chi connectivity index (χ4n) is 11.1. The molecule has 0 saturated heterocycles. The minimum atomic E-state index is -4.50. The number of amides is 1. The first-order valence-electron chi connectivity index (χ1n) is 15.2. The number of fused-ring (bicyclic) bond motifs is 7. The molecular weight excluding hydrogens is 529 g/mol. The van der Waals surface area contributed by atoms with Crippen molar-refractivity contribution in [1.29, 1.82) is 5.26 Å². The molecule has 8 atom stereocenters. The van der Waals surface area contributed by atoms with Crippen LogP contribution < -0.4 is 5.32 Å². The highest BCUT2D eigenvalue weighted by Gasteiger charge is 2.73. The van der Waals surface area contributed by atoms with E-state index in [0.717, 1.165) is 19.3 Å². The quantitative estimate of drug-likeness (QED) is 0.386. The Morgan fingerprint density at radius 3 is 2.22 bits per heavy atom. The Kier molecular flexibility index (Phi) is 6.59. The van der Waals surface area contributed by atoms with E-state index in [4.69, 9.17) is 0 Å². The lowest BCUT2D eigenvalue weighted by atomic mass is 9.31. The third-order valence-corrected chi connectivity index (χ3v) is 13.4. The van der Waals surface area contributed by atoms with Gasteiger partial charge in [0.2, 0.25) is 5.91 Å². The number of hydrogen-bond donors (Lipinski definition) is 1. The number of hydrogen-bond acceptors (Lipinski definition) is 4. The Balaban J connectivity index is 1.59. The number of allylic oxidation sites excluding steroid dienone is 2. The zero-order valence-corrected chi connectivity index (χ0v) is 25.6. The number of carbonyl (C=O) groups excluding carboxylic acids is 3. The van der Waals surface area contributed by atoms with Gasteiger partial charge in [-0.3, -0.25) is 14.4 Å². The summed E-state index contributed by atoms with van der Waals surface area (Å²) in [4.78, 5) is 41.4. The molecule has 2 unspecified atom stereocenters. The van der Waals surface area contributed by atoms with Crippen LogP contribution in [0, 0.1) is 67.5 Å². The van der Waals surface area contributed by atoms with Crippen molar-refractivity contribution in [3.05, 3.63) is 11.6 Å². The summed E-state index contributed by atoms with van der Waals surface area (Å²) in [7, 11) is 0. The van der Waals surface area contributed by atoms with Gasteiger partial charge in [-0.25, -0.2) is 0 Å². The Hall–Kier alpha value is -2.17. The smallest absolute Gasteiger partial charge is 0.346 e. The molecule has 0 aromatic rings. The molecule has 226 valence electrons. The first kappa shape index (κ1) is 30.3. The average molecular weight is 575 g/mol. The standard InChI is InChI=1S/C33H45F3N2O3/c1-27(2)10-12-32(26(41)38-18-33(34,35)36)13-11-31(7)24(20(32)16-27)21(39)14-23-29(5)15-19(17-37)25(40)28(3,4)22(29)8-9-30(23,31)6/h15,20,22-24H,8-14,16,18H2,1-7H3,(H,38,41)/t20-,22-,23?,24?,29-,30+,31+,32-/m0/s1. The van der Waals surface area contributed by atoms with Gasteiger partial charge in [0.15, 0.2) is 5.78 Å². The van der Waals surface area contributed by atoms with Crippen LogP contribution in [0.2, 0.25) is 0 Å². The third-order valence-electron chi connectivity index (χ3n) is 13.4. The molecule has 0 spiro atoms. The summed E-state index contributed by atoms with van der Waals surface area (Å²) >= 11 is 0. The number of alkyl halides is 3. The molecule has 5 aliphatic rings. The van der Waals surface area contributed by atoms with E-state index in [9.17, 15) is 32.8 Å².